The van der Waals surface area contributed by atoms with Crippen molar-refractivity contribution in [3.05, 3.63) is 58.1 Å². The number of nitrogens with two attached hydrogens (primary N) is 1. The maximum Gasteiger partial charge on any atom is 0.230 e. The third kappa shape index (κ3) is 2.62. The summed E-state index contributed by atoms with van der Waals surface area (Å²) in [5.41, 5.74) is 9.91. The number of aryl methyl sites for hydroxylation is 1. The van der Waals surface area contributed by atoms with Crippen molar-refractivity contribution in [2.75, 3.05) is 5.73 Å². The zero-order valence-electron chi connectivity index (χ0n) is 11.2. The van der Waals surface area contributed by atoms with Crippen molar-refractivity contribution in [1.82, 2.24) is 5.16 Å². The highest BCUT2D eigenvalue weighted by molar-refractivity contribution is 6.33. The summed E-state index contributed by atoms with van der Waals surface area (Å²) < 4.78 is 5.17. The van der Waals surface area contributed by atoms with Crippen LogP contribution in [-0.2, 0) is 0 Å². The Hall–Kier alpha value is -1.97. The molecule has 0 aliphatic heterocycles. The molecule has 106 valence electrons. The first kappa shape index (κ1) is 14.0. The van der Waals surface area contributed by atoms with Gasteiger partial charge >= 0.3 is 0 Å². The van der Waals surface area contributed by atoms with E-state index in [1.807, 2.05) is 43.3 Å². The molecular formula is C16H12Cl2N2O. The van der Waals surface area contributed by atoms with E-state index in [9.17, 15) is 0 Å². The lowest BCUT2D eigenvalue weighted by Crippen LogP contribution is -1.89. The van der Waals surface area contributed by atoms with Crippen LogP contribution in [0.1, 0.15) is 5.56 Å². The third-order valence-electron chi connectivity index (χ3n) is 3.18. The van der Waals surface area contributed by atoms with Crippen molar-refractivity contribution in [2.45, 2.75) is 6.92 Å². The molecule has 0 bridgehead atoms. The molecule has 0 unspecified atom stereocenters. The number of aromatic nitrogens is 1. The predicted octanol–water partition coefficient (Wildman–Crippen LogP) is 5.21. The molecule has 2 N–H and O–H groups in total. The standard InChI is InChI=1S/C16H12Cl2N2O/c1-9-6-10(8-11(17)7-9)15-14(16(19)21-20-15)12-4-2-3-5-13(12)18/h2-8H,19H2,1H3. The van der Waals surface area contributed by atoms with Gasteiger partial charge in [0.05, 0.1) is 5.56 Å². The van der Waals surface area contributed by atoms with Crippen LogP contribution >= 0.6 is 23.2 Å². The fourth-order valence-electron chi connectivity index (χ4n) is 2.30. The van der Waals surface area contributed by atoms with E-state index in [2.05, 4.69) is 5.16 Å². The van der Waals surface area contributed by atoms with Crippen molar-refractivity contribution in [1.29, 1.82) is 0 Å². The number of hydrogen-bond acceptors (Lipinski definition) is 3. The van der Waals surface area contributed by atoms with E-state index in [0.717, 1.165) is 16.7 Å². The number of rotatable bonds is 2. The lowest BCUT2D eigenvalue weighted by molar-refractivity contribution is 0.439. The maximum absolute atomic E-state index is 6.26. The minimum atomic E-state index is 0.232. The molecule has 0 spiro atoms. The predicted molar refractivity (Wildman–Crippen MR) is 86.5 cm³/mol. The lowest BCUT2D eigenvalue weighted by atomic mass is 10.00. The fraction of sp³-hybridized carbons (Fsp3) is 0.0625. The van der Waals surface area contributed by atoms with E-state index < -0.39 is 0 Å². The van der Waals surface area contributed by atoms with Gasteiger partial charge in [0.1, 0.15) is 5.69 Å². The molecule has 2 aromatic carbocycles. The van der Waals surface area contributed by atoms with Crippen molar-refractivity contribution >= 4 is 29.1 Å². The molecule has 0 saturated carbocycles. The van der Waals surface area contributed by atoms with Gasteiger partial charge in [0.25, 0.3) is 0 Å². The van der Waals surface area contributed by atoms with Crippen LogP contribution in [-0.4, -0.2) is 5.16 Å². The van der Waals surface area contributed by atoms with Gasteiger partial charge in [-0.15, -0.1) is 0 Å². The molecule has 0 amide bonds. The molecule has 21 heavy (non-hydrogen) atoms. The topological polar surface area (TPSA) is 52.0 Å². The van der Waals surface area contributed by atoms with Crippen LogP contribution in [0.25, 0.3) is 22.4 Å². The lowest BCUT2D eigenvalue weighted by Gasteiger charge is -2.06. The highest BCUT2D eigenvalue weighted by Crippen LogP contribution is 2.40. The first-order valence-corrected chi connectivity index (χ1v) is 7.09. The van der Waals surface area contributed by atoms with E-state index in [0.29, 0.717) is 21.3 Å². The second kappa shape index (κ2) is 5.43. The van der Waals surface area contributed by atoms with Gasteiger partial charge < -0.3 is 10.3 Å². The Labute approximate surface area is 132 Å². The molecule has 3 rings (SSSR count). The Morgan fingerprint density at radius 3 is 2.57 bits per heavy atom. The normalized spacial score (nSPS) is 10.8. The molecule has 3 aromatic rings. The molecule has 1 heterocycles. The second-order valence-electron chi connectivity index (χ2n) is 4.77. The number of benzene rings is 2. The molecule has 0 radical (unpaired) electrons. The SMILES string of the molecule is Cc1cc(Cl)cc(-c2noc(N)c2-c2ccccc2Cl)c1. The van der Waals surface area contributed by atoms with Gasteiger partial charge in [-0.1, -0.05) is 46.6 Å². The quantitative estimate of drug-likeness (QED) is 0.706. The van der Waals surface area contributed by atoms with Crippen molar-refractivity contribution < 1.29 is 4.52 Å². The van der Waals surface area contributed by atoms with Crippen molar-refractivity contribution in [3.63, 3.8) is 0 Å². The number of hydrogen-bond donors (Lipinski definition) is 1. The minimum absolute atomic E-state index is 0.232. The van der Waals surface area contributed by atoms with Gasteiger partial charge in [0.15, 0.2) is 0 Å². The molecule has 0 saturated heterocycles. The Bertz CT molecular complexity index is 792. The van der Waals surface area contributed by atoms with E-state index in [1.165, 1.54) is 0 Å². The number of nitrogens with zero attached hydrogens (tertiary/aromatic N) is 1. The first-order chi connectivity index (χ1) is 10.1. The number of nitrogen functional groups attached to an aromatic ring is 1. The summed E-state index contributed by atoms with van der Waals surface area (Å²) >= 11 is 12.4. The van der Waals surface area contributed by atoms with Crippen LogP contribution in [0.5, 0.6) is 0 Å². The zero-order chi connectivity index (χ0) is 15.0. The average Bonchev–Trinajstić information content (AvgIpc) is 2.80. The summed E-state index contributed by atoms with van der Waals surface area (Å²) in [6.07, 6.45) is 0. The van der Waals surface area contributed by atoms with Crippen molar-refractivity contribution in [3.8, 4) is 22.4 Å². The first-order valence-electron chi connectivity index (χ1n) is 6.34. The highest BCUT2D eigenvalue weighted by Gasteiger charge is 2.19. The summed E-state index contributed by atoms with van der Waals surface area (Å²) in [6.45, 7) is 1.97. The summed E-state index contributed by atoms with van der Waals surface area (Å²) in [5, 5.41) is 5.29. The smallest absolute Gasteiger partial charge is 0.230 e. The van der Waals surface area contributed by atoms with Gasteiger partial charge in [0, 0.05) is 21.2 Å². The largest absolute Gasteiger partial charge is 0.367 e. The van der Waals surface area contributed by atoms with E-state index in [1.54, 1.807) is 6.07 Å². The van der Waals surface area contributed by atoms with Crippen LogP contribution in [0.3, 0.4) is 0 Å². The fourth-order valence-corrected chi connectivity index (χ4v) is 2.82. The van der Waals surface area contributed by atoms with Gasteiger partial charge in [-0.2, -0.15) is 0 Å². The summed E-state index contributed by atoms with van der Waals surface area (Å²) in [4.78, 5) is 0. The maximum atomic E-state index is 6.26. The number of halogens is 2. The zero-order valence-corrected chi connectivity index (χ0v) is 12.7. The average molecular weight is 319 g/mol. The second-order valence-corrected chi connectivity index (χ2v) is 5.61. The Balaban J connectivity index is 2.24. The Morgan fingerprint density at radius 2 is 1.86 bits per heavy atom. The van der Waals surface area contributed by atoms with Crippen LogP contribution in [0.15, 0.2) is 47.0 Å². The van der Waals surface area contributed by atoms with E-state index >= 15 is 0 Å². The van der Waals surface area contributed by atoms with Crippen LogP contribution in [0.2, 0.25) is 10.0 Å². The van der Waals surface area contributed by atoms with Gasteiger partial charge in [-0.05, 0) is 36.8 Å². The van der Waals surface area contributed by atoms with E-state index in [4.69, 9.17) is 33.5 Å². The molecule has 5 heteroatoms. The van der Waals surface area contributed by atoms with Crippen molar-refractivity contribution in [2.24, 2.45) is 0 Å². The molecule has 0 fully saturated rings. The van der Waals surface area contributed by atoms with Gasteiger partial charge in [0.2, 0.25) is 5.88 Å². The van der Waals surface area contributed by atoms with Crippen LogP contribution in [0.4, 0.5) is 5.88 Å². The van der Waals surface area contributed by atoms with Crippen LogP contribution in [0, 0.1) is 6.92 Å². The van der Waals surface area contributed by atoms with E-state index in [-0.39, 0.29) is 5.88 Å². The van der Waals surface area contributed by atoms with Gasteiger partial charge in [-0.3, -0.25) is 0 Å². The Morgan fingerprint density at radius 1 is 1.10 bits per heavy atom. The molecule has 0 aliphatic rings. The third-order valence-corrected chi connectivity index (χ3v) is 3.73. The molecular weight excluding hydrogens is 307 g/mol. The Kier molecular flexibility index (Phi) is 3.62. The summed E-state index contributed by atoms with van der Waals surface area (Å²) in [7, 11) is 0. The molecule has 1 aromatic heterocycles. The number of anilines is 1. The van der Waals surface area contributed by atoms with Gasteiger partial charge in [-0.25, -0.2) is 0 Å². The molecule has 3 nitrogen and oxygen atoms in total. The minimum Gasteiger partial charge on any atom is -0.367 e. The highest BCUT2D eigenvalue weighted by atomic mass is 35.5. The molecule has 0 atom stereocenters. The summed E-state index contributed by atoms with van der Waals surface area (Å²) in [5.74, 6) is 0.232. The summed E-state index contributed by atoms with van der Waals surface area (Å²) in [6, 6.07) is 13.1. The van der Waals surface area contributed by atoms with Crippen LogP contribution < -0.4 is 5.73 Å². The molecule has 0 aliphatic carbocycles. The monoisotopic (exact) mass is 318 g/mol.